The summed E-state index contributed by atoms with van der Waals surface area (Å²) in [6.07, 6.45) is 7.98. The summed E-state index contributed by atoms with van der Waals surface area (Å²) in [7, 11) is 0. The average molecular weight is 285 g/mol. The van der Waals surface area contributed by atoms with E-state index in [1.165, 1.54) is 0 Å². The molecule has 0 saturated heterocycles. The van der Waals surface area contributed by atoms with Crippen molar-refractivity contribution in [1.29, 1.82) is 0 Å². The number of nitrogens with one attached hydrogen (secondary N) is 1. The second-order valence-electron chi connectivity index (χ2n) is 6.20. The van der Waals surface area contributed by atoms with Gasteiger partial charge in [-0.1, -0.05) is 19.8 Å². The van der Waals surface area contributed by atoms with Crippen LogP contribution in [0.2, 0.25) is 0 Å². The first-order chi connectivity index (χ1) is 8.72. The molecule has 0 saturated carbocycles. The van der Waals surface area contributed by atoms with Gasteiger partial charge < -0.3 is 10.1 Å². The highest BCUT2D eigenvalue weighted by atomic mass is 32.2. The summed E-state index contributed by atoms with van der Waals surface area (Å²) in [4.78, 5) is 11.5. The van der Waals surface area contributed by atoms with Crippen LogP contribution in [-0.2, 0) is 9.53 Å². The van der Waals surface area contributed by atoms with Crippen LogP contribution < -0.4 is 5.32 Å². The van der Waals surface area contributed by atoms with Gasteiger partial charge in [0.05, 0.1) is 13.2 Å². The van der Waals surface area contributed by atoms with Crippen molar-refractivity contribution in [3.63, 3.8) is 0 Å². The van der Waals surface area contributed by atoms with E-state index in [1.807, 2.05) is 20.1 Å². The molecule has 0 bridgehead atoms. The number of ether oxygens (including phenoxy) is 1. The predicted molar refractivity (Wildman–Crippen MR) is 83.2 cm³/mol. The molecule has 0 fully saturated rings. The highest BCUT2D eigenvalue weighted by Crippen LogP contribution is 2.18. The van der Waals surface area contributed by atoms with Crippen molar-refractivity contribution in [3.05, 3.63) is 0 Å². The third-order valence-corrected chi connectivity index (χ3v) is 3.26. The van der Waals surface area contributed by atoms with Crippen LogP contribution in [0, 0.1) is 23.2 Å². The van der Waals surface area contributed by atoms with Gasteiger partial charge in [-0.25, -0.2) is 0 Å². The molecule has 0 aromatic heterocycles. The van der Waals surface area contributed by atoms with E-state index in [9.17, 15) is 4.79 Å². The lowest BCUT2D eigenvalue weighted by Gasteiger charge is -2.27. The molecule has 1 N–H and O–H groups in total. The summed E-state index contributed by atoms with van der Waals surface area (Å²) in [6, 6.07) is 0. The molecule has 0 heterocycles. The second-order valence-corrected chi connectivity index (χ2v) is 7.19. The second kappa shape index (κ2) is 8.50. The Kier molecular flexibility index (Phi) is 8.20. The van der Waals surface area contributed by atoms with E-state index in [0.29, 0.717) is 26.2 Å². The zero-order chi connectivity index (χ0) is 14.9. The topological polar surface area (TPSA) is 38.3 Å². The van der Waals surface area contributed by atoms with E-state index in [4.69, 9.17) is 11.2 Å². The lowest BCUT2D eigenvalue weighted by Crippen LogP contribution is -2.37. The Morgan fingerprint density at radius 1 is 1.32 bits per heavy atom. The first-order valence-corrected chi connectivity index (χ1v) is 7.93. The minimum atomic E-state index is -0.238. The van der Waals surface area contributed by atoms with E-state index in [0.717, 1.165) is 5.75 Å². The van der Waals surface area contributed by atoms with Crippen molar-refractivity contribution in [1.82, 2.24) is 5.32 Å². The van der Waals surface area contributed by atoms with Gasteiger partial charge in [0.1, 0.15) is 0 Å². The normalized spacial score (nSPS) is 12.0. The number of thioether (sulfide) groups is 1. The standard InChI is InChI=1S/C15H27NO2S/c1-7-14(2,3)11-18-12-15(4,5)10-16-13(17)8-9-19-6/h1H,8-12H2,2-6H3,(H,16,17). The molecule has 0 aliphatic heterocycles. The van der Waals surface area contributed by atoms with Gasteiger partial charge in [-0.3, -0.25) is 4.79 Å². The highest BCUT2D eigenvalue weighted by Gasteiger charge is 2.21. The van der Waals surface area contributed by atoms with E-state index >= 15 is 0 Å². The Labute approximate surface area is 122 Å². The summed E-state index contributed by atoms with van der Waals surface area (Å²) in [5, 5.41) is 2.95. The Hall–Kier alpha value is -0.660. The van der Waals surface area contributed by atoms with Crippen LogP contribution in [-0.4, -0.2) is 37.7 Å². The van der Waals surface area contributed by atoms with Gasteiger partial charge in [-0.15, -0.1) is 6.42 Å². The smallest absolute Gasteiger partial charge is 0.220 e. The van der Waals surface area contributed by atoms with Crippen molar-refractivity contribution < 1.29 is 9.53 Å². The lowest BCUT2D eigenvalue weighted by molar-refractivity contribution is -0.121. The minimum Gasteiger partial charge on any atom is -0.379 e. The molecule has 1 amide bonds. The summed E-state index contributed by atoms with van der Waals surface area (Å²) in [5.74, 6) is 3.67. The van der Waals surface area contributed by atoms with E-state index in [-0.39, 0.29) is 16.7 Å². The van der Waals surface area contributed by atoms with Gasteiger partial charge in [0.2, 0.25) is 5.91 Å². The number of hydrogen-bond acceptors (Lipinski definition) is 3. The molecule has 0 aliphatic rings. The van der Waals surface area contributed by atoms with Crippen molar-refractivity contribution in [2.24, 2.45) is 10.8 Å². The maximum absolute atomic E-state index is 11.5. The van der Waals surface area contributed by atoms with E-state index in [1.54, 1.807) is 11.8 Å². The molecule has 0 aliphatic carbocycles. The van der Waals surface area contributed by atoms with Crippen LogP contribution in [0.25, 0.3) is 0 Å². The molecule has 0 aromatic carbocycles. The van der Waals surface area contributed by atoms with Crippen molar-refractivity contribution in [2.75, 3.05) is 31.8 Å². The maximum atomic E-state index is 11.5. The van der Waals surface area contributed by atoms with Crippen LogP contribution >= 0.6 is 11.8 Å². The molecule has 0 aromatic rings. The van der Waals surface area contributed by atoms with Gasteiger partial charge >= 0.3 is 0 Å². The summed E-state index contributed by atoms with van der Waals surface area (Å²) in [6.45, 7) is 9.84. The third-order valence-electron chi connectivity index (χ3n) is 2.64. The monoisotopic (exact) mass is 285 g/mol. The number of carbonyl (C=O) groups is 1. The number of carbonyl (C=O) groups excluding carboxylic acids is 1. The Bertz CT molecular complexity index is 319. The number of rotatable bonds is 9. The van der Waals surface area contributed by atoms with Crippen molar-refractivity contribution in [3.8, 4) is 12.3 Å². The molecule has 4 heteroatoms. The SMILES string of the molecule is C#CC(C)(C)COCC(C)(C)CNC(=O)CCSC. The first kappa shape index (κ1) is 18.3. The van der Waals surface area contributed by atoms with Crippen LogP contribution in [0.3, 0.4) is 0 Å². The molecule has 0 rings (SSSR count). The number of hydrogen-bond donors (Lipinski definition) is 1. The molecule has 3 nitrogen and oxygen atoms in total. The van der Waals surface area contributed by atoms with Crippen LogP contribution in [0.5, 0.6) is 0 Å². The molecule has 19 heavy (non-hydrogen) atoms. The molecule has 0 spiro atoms. The van der Waals surface area contributed by atoms with Crippen molar-refractivity contribution >= 4 is 17.7 Å². The first-order valence-electron chi connectivity index (χ1n) is 6.53. The van der Waals surface area contributed by atoms with Crippen LogP contribution in [0.4, 0.5) is 0 Å². The fourth-order valence-corrected chi connectivity index (χ4v) is 1.69. The summed E-state index contributed by atoms with van der Waals surface area (Å²) < 4.78 is 5.67. The highest BCUT2D eigenvalue weighted by molar-refractivity contribution is 7.98. The van der Waals surface area contributed by atoms with Gasteiger partial charge in [-0.05, 0) is 20.1 Å². The van der Waals surface area contributed by atoms with E-state index in [2.05, 4.69) is 25.1 Å². The number of amides is 1. The van der Waals surface area contributed by atoms with E-state index < -0.39 is 0 Å². The van der Waals surface area contributed by atoms with Crippen molar-refractivity contribution in [2.45, 2.75) is 34.1 Å². The van der Waals surface area contributed by atoms with Gasteiger partial charge in [0.25, 0.3) is 0 Å². The van der Waals surface area contributed by atoms with Gasteiger partial charge in [-0.2, -0.15) is 11.8 Å². The quantitative estimate of drug-likeness (QED) is 0.662. The Morgan fingerprint density at radius 2 is 1.95 bits per heavy atom. The predicted octanol–water partition coefficient (Wildman–Crippen LogP) is 2.56. The third kappa shape index (κ3) is 9.86. The molecule has 110 valence electrons. The summed E-state index contributed by atoms with van der Waals surface area (Å²) >= 11 is 1.68. The largest absolute Gasteiger partial charge is 0.379 e. The molecular formula is C15H27NO2S. The van der Waals surface area contributed by atoms with Crippen LogP contribution in [0.15, 0.2) is 0 Å². The summed E-state index contributed by atoms with van der Waals surface area (Å²) in [5.41, 5.74) is -0.322. The number of terminal acetylenes is 1. The van der Waals surface area contributed by atoms with Gasteiger partial charge in [0, 0.05) is 29.5 Å². The lowest BCUT2D eigenvalue weighted by atomic mass is 9.93. The average Bonchev–Trinajstić information content (AvgIpc) is 2.33. The minimum absolute atomic E-state index is 0.0836. The zero-order valence-corrected chi connectivity index (χ0v) is 13.7. The fourth-order valence-electron chi connectivity index (χ4n) is 1.30. The molecular weight excluding hydrogens is 258 g/mol. The van der Waals surface area contributed by atoms with Gasteiger partial charge in [0.15, 0.2) is 0 Å². The zero-order valence-electron chi connectivity index (χ0n) is 12.8. The molecule has 0 radical (unpaired) electrons. The Morgan fingerprint density at radius 3 is 2.47 bits per heavy atom. The molecule has 0 atom stereocenters. The molecule has 0 unspecified atom stereocenters. The maximum Gasteiger partial charge on any atom is 0.220 e. The fraction of sp³-hybridized carbons (Fsp3) is 0.800. The Balaban J connectivity index is 3.93. The van der Waals surface area contributed by atoms with Crippen LogP contribution in [0.1, 0.15) is 34.1 Å².